The van der Waals surface area contributed by atoms with Crippen molar-refractivity contribution in [1.29, 1.82) is 0 Å². The van der Waals surface area contributed by atoms with Crippen LogP contribution in [0.4, 0.5) is 22.0 Å². The summed E-state index contributed by atoms with van der Waals surface area (Å²) in [6.45, 7) is 0.177. The molecule has 0 fully saturated rings. The molecule has 1 aromatic heterocycles. The molecule has 0 N–H and O–H groups in total. The highest BCUT2D eigenvalue weighted by Crippen LogP contribution is 2.28. The summed E-state index contributed by atoms with van der Waals surface area (Å²) in [4.78, 5) is 7.84. The molecule has 142 valence electrons. The van der Waals surface area contributed by atoms with Gasteiger partial charge in [-0.1, -0.05) is 18.2 Å². The van der Waals surface area contributed by atoms with E-state index in [1.807, 2.05) is 0 Å². The molecule has 27 heavy (non-hydrogen) atoms. The highest BCUT2D eigenvalue weighted by atomic mass is 19.3. The number of fused-ring (bicyclic) bond motifs is 1. The molecule has 0 radical (unpaired) electrons. The van der Waals surface area contributed by atoms with Gasteiger partial charge in [-0.05, 0) is 29.8 Å². The largest absolute Gasteiger partial charge is 0.477 e. The molecular weight excluding hydrogens is 371 g/mol. The van der Waals surface area contributed by atoms with Crippen LogP contribution >= 0.6 is 0 Å². The summed E-state index contributed by atoms with van der Waals surface area (Å²) in [5, 5.41) is 0.426. The number of benzene rings is 2. The minimum atomic E-state index is -4.55. The molecule has 0 aliphatic heterocycles. The third kappa shape index (κ3) is 4.42. The zero-order valence-electron chi connectivity index (χ0n) is 13.7. The van der Waals surface area contributed by atoms with Crippen LogP contribution in [0.3, 0.4) is 0 Å². The van der Waals surface area contributed by atoms with Crippen LogP contribution in [0.15, 0.2) is 48.8 Å². The fourth-order valence-corrected chi connectivity index (χ4v) is 2.33. The van der Waals surface area contributed by atoms with E-state index in [0.29, 0.717) is 17.4 Å². The Morgan fingerprint density at radius 1 is 1.00 bits per heavy atom. The zero-order valence-corrected chi connectivity index (χ0v) is 13.7. The normalized spacial score (nSPS) is 11.8. The maximum atomic E-state index is 13.7. The second-order valence-electron chi connectivity index (χ2n) is 5.52. The highest BCUT2D eigenvalue weighted by Gasteiger charge is 2.43. The van der Waals surface area contributed by atoms with Gasteiger partial charge in [-0.25, -0.2) is 14.4 Å². The minimum Gasteiger partial charge on any atom is -0.477 e. The molecule has 9 heteroatoms. The summed E-state index contributed by atoms with van der Waals surface area (Å²) in [5.41, 5.74) is 0.844. The molecule has 0 saturated heterocycles. The molecule has 3 rings (SSSR count). The second kappa shape index (κ2) is 7.73. The van der Waals surface area contributed by atoms with Crippen molar-refractivity contribution in [2.24, 2.45) is 0 Å². The lowest BCUT2D eigenvalue weighted by atomic mass is 10.1. The number of para-hydroxylation sites is 1. The molecule has 1 heterocycles. The third-order valence-electron chi connectivity index (χ3n) is 3.64. The lowest BCUT2D eigenvalue weighted by Gasteiger charge is -2.16. The number of nitrogens with zero attached hydrogens (tertiary/aromatic N) is 2. The van der Waals surface area contributed by atoms with Crippen LogP contribution < -0.4 is 9.47 Å². The van der Waals surface area contributed by atoms with Crippen LogP contribution in [0.5, 0.6) is 11.6 Å². The van der Waals surface area contributed by atoms with Crippen LogP contribution in [0, 0.1) is 5.82 Å². The number of hydrogen-bond donors (Lipinski definition) is 0. The average Bonchev–Trinajstić information content (AvgIpc) is 2.63. The topological polar surface area (TPSA) is 44.2 Å². The Hall–Kier alpha value is -2.97. The predicted molar refractivity (Wildman–Crippen MR) is 86.7 cm³/mol. The van der Waals surface area contributed by atoms with Gasteiger partial charge in [0.1, 0.15) is 23.4 Å². The Bertz CT molecular complexity index is 919. The molecular formula is C18H13F5N2O2. The van der Waals surface area contributed by atoms with Gasteiger partial charge in [0.05, 0.1) is 12.0 Å². The summed E-state index contributed by atoms with van der Waals surface area (Å²) in [6, 6.07) is 9.67. The molecule has 0 bridgehead atoms. The fourth-order valence-electron chi connectivity index (χ4n) is 2.33. The Morgan fingerprint density at radius 2 is 1.74 bits per heavy atom. The number of ether oxygens (including phenoxy) is 2. The van der Waals surface area contributed by atoms with Crippen LogP contribution in [0.2, 0.25) is 0 Å². The van der Waals surface area contributed by atoms with E-state index in [0.717, 1.165) is 0 Å². The fraction of sp³-hybridized carbons (Fsp3) is 0.222. The summed E-state index contributed by atoms with van der Waals surface area (Å²) >= 11 is 0. The van der Waals surface area contributed by atoms with E-state index in [1.54, 1.807) is 6.07 Å². The lowest BCUT2D eigenvalue weighted by molar-refractivity contribution is -0.253. The summed E-state index contributed by atoms with van der Waals surface area (Å²) < 4.78 is 73.2. The molecule has 0 amide bonds. The smallest absolute Gasteiger partial charge is 0.461 e. The quantitative estimate of drug-likeness (QED) is 0.558. The summed E-state index contributed by atoms with van der Waals surface area (Å²) in [7, 11) is 0. The Balaban J connectivity index is 1.61. The lowest BCUT2D eigenvalue weighted by Crippen LogP contribution is -2.33. The van der Waals surface area contributed by atoms with Crippen LogP contribution in [-0.2, 0) is 6.42 Å². The van der Waals surface area contributed by atoms with Gasteiger partial charge in [-0.3, -0.25) is 0 Å². The molecule has 4 nitrogen and oxygen atoms in total. The van der Waals surface area contributed by atoms with Gasteiger partial charge in [0.2, 0.25) is 5.88 Å². The van der Waals surface area contributed by atoms with Gasteiger partial charge in [0, 0.05) is 6.42 Å². The Morgan fingerprint density at radius 3 is 2.44 bits per heavy atom. The van der Waals surface area contributed by atoms with E-state index in [9.17, 15) is 22.0 Å². The van der Waals surface area contributed by atoms with E-state index < -0.39 is 18.4 Å². The molecule has 2 aromatic carbocycles. The van der Waals surface area contributed by atoms with Crippen molar-refractivity contribution < 1.29 is 31.4 Å². The first kappa shape index (κ1) is 18.8. The van der Waals surface area contributed by atoms with Crippen LogP contribution in [0.25, 0.3) is 10.9 Å². The number of rotatable bonds is 7. The van der Waals surface area contributed by atoms with E-state index >= 15 is 0 Å². The van der Waals surface area contributed by atoms with Crippen molar-refractivity contribution in [3.63, 3.8) is 0 Å². The van der Waals surface area contributed by atoms with Crippen molar-refractivity contribution in [1.82, 2.24) is 9.97 Å². The maximum Gasteiger partial charge on any atom is 0.461 e. The Kier molecular flexibility index (Phi) is 5.38. The van der Waals surface area contributed by atoms with Gasteiger partial charge in [0.25, 0.3) is 0 Å². The van der Waals surface area contributed by atoms with Gasteiger partial charge in [-0.15, -0.1) is 0 Å². The highest BCUT2D eigenvalue weighted by molar-refractivity contribution is 5.83. The number of aromatic nitrogens is 2. The van der Waals surface area contributed by atoms with Crippen molar-refractivity contribution in [3.05, 3.63) is 60.2 Å². The SMILES string of the molecule is Fc1cccc2c(OCCc3ccc(OC(F)(F)C(F)F)cc3)ncnc12. The molecule has 3 aromatic rings. The Labute approximate surface area is 150 Å². The van der Waals surface area contributed by atoms with Crippen molar-refractivity contribution in [2.75, 3.05) is 6.61 Å². The van der Waals surface area contributed by atoms with E-state index in [-0.39, 0.29) is 23.8 Å². The van der Waals surface area contributed by atoms with E-state index in [4.69, 9.17) is 4.74 Å². The van der Waals surface area contributed by atoms with Crippen molar-refractivity contribution in [2.45, 2.75) is 19.0 Å². The predicted octanol–water partition coefficient (Wildman–Crippen LogP) is 4.63. The maximum absolute atomic E-state index is 13.7. The first-order chi connectivity index (χ1) is 12.9. The zero-order chi connectivity index (χ0) is 19.4. The first-order valence-corrected chi connectivity index (χ1v) is 7.83. The third-order valence-corrected chi connectivity index (χ3v) is 3.64. The molecule has 0 aliphatic carbocycles. The van der Waals surface area contributed by atoms with Gasteiger partial charge < -0.3 is 9.47 Å². The summed E-state index contributed by atoms with van der Waals surface area (Å²) in [6.07, 6.45) is -6.89. The van der Waals surface area contributed by atoms with Crippen molar-refractivity contribution >= 4 is 10.9 Å². The monoisotopic (exact) mass is 384 g/mol. The number of hydrogen-bond acceptors (Lipinski definition) is 4. The van der Waals surface area contributed by atoms with Gasteiger partial charge >= 0.3 is 12.5 Å². The second-order valence-corrected chi connectivity index (χ2v) is 5.52. The van der Waals surface area contributed by atoms with E-state index in [2.05, 4.69) is 14.7 Å². The standard InChI is InChI=1S/C18H13F5N2O2/c19-14-3-1-2-13-15(14)24-10-25-16(13)26-9-8-11-4-6-12(7-5-11)27-18(22,23)17(20)21/h1-7,10,17H,8-9H2. The van der Waals surface area contributed by atoms with Crippen LogP contribution in [0.1, 0.15) is 5.56 Å². The first-order valence-electron chi connectivity index (χ1n) is 7.83. The number of halogens is 5. The minimum absolute atomic E-state index is 0.143. The molecule has 0 unspecified atom stereocenters. The van der Waals surface area contributed by atoms with Gasteiger partial charge in [0.15, 0.2) is 0 Å². The number of alkyl halides is 4. The molecule has 0 aliphatic rings. The van der Waals surface area contributed by atoms with E-state index in [1.165, 1.54) is 42.7 Å². The van der Waals surface area contributed by atoms with Crippen LogP contribution in [-0.4, -0.2) is 29.1 Å². The molecule has 0 saturated carbocycles. The molecule has 0 atom stereocenters. The summed E-state index contributed by atoms with van der Waals surface area (Å²) in [5.74, 6) is -0.644. The molecule has 0 spiro atoms. The average molecular weight is 384 g/mol. The van der Waals surface area contributed by atoms with Crippen molar-refractivity contribution in [3.8, 4) is 11.6 Å². The van der Waals surface area contributed by atoms with Gasteiger partial charge in [-0.2, -0.15) is 17.6 Å².